The van der Waals surface area contributed by atoms with Crippen molar-refractivity contribution in [1.82, 2.24) is 0 Å². The van der Waals surface area contributed by atoms with Crippen LogP contribution < -0.4 is 20.5 Å². The summed E-state index contributed by atoms with van der Waals surface area (Å²) in [6.07, 6.45) is 0.900. The molecule has 0 radical (unpaired) electrons. The first-order valence-electron chi connectivity index (χ1n) is 5.76. The summed E-state index contributed by atoms with van der Waals surface area (Å²) in [7, 11) is 0. The minimum absolute atomic E-state index is 0.405. The fourth-order valence-corrected chi connectivity index (χ4v) is 1.60. The van der Waals surface area contributed by atoms with Crippen LogP contribution in [0.15, 0.2) is 23.2 Å². The van der Waals surface area contributed by atoms with E-state index < -0.39 is 0 Å². The Balaban J connectivity index is 2.15. The van der Waals surface area contributed by atoms with Gasteiger partial charge in [-0.15, -0.1) is 0 Å². The van der Waals surface area contributed by atoms with Gasteiger partial charge < -0.3 is 20.5 Å². The van der Waals surface area contributed by atoms with Crippen molar-refractivity contribution in [2.24, 2.45) is 10.7 Å². The highest BCUT2D eigenvalue weighted by Gasteiger charge is 2.10. The van der Waals surface area contributed by atoms with Gasteiger partial charge in [-0.3, -0.25) is 4.99 Å². The highest BCUT2D eigenvalue weighted by molar-refractivity contribution is 5.92. The zero-order chi connectivity index (χ0) is 12.1. The Morgan fingerprint density at radius 1 is 1.35 bits per heavy atom. The molecule has 0 unspecified atom stereocenters. The van der Waals surface area contributed by atoms with E-state index >= 15 is 0 Å². The molecule has 0 amide bonds. The predicted octanol–water partition coefficient (Wildman–Crippen LogP) is 1.59. The van der Waals surface area contributed by atoms with Crippen molar-refractivity contribution in [2.45, 2.75) is 13.3 Å². The Morgan fingerprint density at radius 3 is 2.88 bits per heavy atom. The standard InChI is InChI=1S/C12H17N3O2/c1-2-14-12(13)15-9-4-5-10-11(8-9)17-7-3-6-16-10/h4-5,8H,2-3,6-7H2,1H3,(H3,13,14,15). The SMILES string of the molecule is CCN=C(N)Nc1ccc2c(c1)OCCCO2. The molecule has 1 aromatic rings. The van der Waals surface area contributed by atoms with Crippen molar-refractivity contribution in [3.8, 4) is 11.5 Å². The summed E-state index contributed by atoms with van der Waals surface area (Å²) in [5.74, 6) is 1.93. The molecule has 0 aromatic heterocycles. The molecule has 5 heteroatoms. The second-order valence-electron chi connectivity index (χ2n) is 3.70. The third-order valence-electron chi connectivity index (χ3n) is 2.35. The molecular weight excluding hydrogens is 218 g/mol. The Hall–Kier alpha value is -1.91. The van der Waals surface area contributed by atoms with Crippen LogP contribution in [0.1, 0.15) is 13.3 Å². The maximum Gasteiger partial charge on any atom is 0.193 e. The van der Waals surface area contributed by atoms with Crippen molar-refractivity contribution < 1.29 is 9.47 Å². The molecule has 0 bridgehead atoms. The lowest BCUT2D eigenvalue weighted by Crippen LogP contribution is -2.22. The first-order chi connectivity index (χ1) is 8.29. The molecule has 1 aliphatic rings. The third kappa shape index (κ3) is 3.03. The number of hydrogen-bond acceptors (Lipinski definition) is 3. The van der Waals surface area contributed by atoms with Crippen molar-refractivity contribution in [1.29, 1.82) is 0 Å². The highest BCUT2D eigenvalue weighted by Crippen LogP contribution is 2.32. The fourth-order valence-electron chi connectivity index (χ4n) is 1.60. The zero-order valence-electron chi connectivity index (χ0n) is 9.90. The predicted molar refractivity (Wildman–Crippen MR) is 67.8 cm³/mol. The summed E-state index contributed by atoms with van der Waals surface area (Å²) in [4.78, 5) is 4.06. The first-order valence-corrected chi connectivity index (χ1v) is 5.76. The van der Waals surface area contributed by atoms with Gasteiger partial charge in [0.25, 0.3) is 0 Å². The number of guanidine groups is 1. The number of nitrogens with zero attached hydrogens (tertiary/aromatic N) is 1. The number of nitrogens with one attached hydrogen (secondary N) is 1. The zero-order valence-corrected chi connectivity index (χ0v) is 9.90. The Kier molecular flexibility index (Phi) is 3.69. The van der Waals surface area contributed by atoms with Gasteiger partial charge in [-0.05, 0) is 19.1 Å². The molecule has 1 heterocycles. The monoisotopic (exact) mass is 235 g/mol. The summed E-state index contributed by atoms with van der Waals surface area (Å²) in [5, 5.41) is 3.01. The fraction of sp³-hybridized carbons (Fsp3) is 0.417. The van der Waals surface area contributed by atoms with E-state index in [9.17, 15) is 0 Å². The van der Waals surface area contributed by atoms with Gasteiger partial charge in [-0.1, -0.05) is 0 Å². The first kappa shape index (κ1) is 11.6. The second-order valence-corrected chi connectivity index (χ2v) is 3.70. The van der Waals surface area contributed by atoms with Crippen LogP contribution in [0.5, 0.6) is 11.5 Å². The van der Waals surface area contributed by atoms with Gasteiger partial charge in [0.1, 0.15) is 0 Å². The van der Waals surface area contributed by atoms with E-state index in [2.05, 4.69) is 10.3 Å². The lowest BCUT2D eigenvalue weighted by atomic mass is 10.3. The van der Waals surface area contributed by atoms with Crippen LogP contribution in [-0.4, -0.2) is 25.7 Å². The maximum absolute atomic E-state index is 5.69. The molecule has 0 saturated carbocycles. The summed E-state index contributed by atoms with van der Waals surface area (Å²) in [6, 6.07) is 5.65. The summed E-state index contributed by atoms with van der Waals surface area (Å²) >= 11 is 0. The van der Waals surface area contributed by atoms with Crippen LogP contribution in [0.2, 0.25) is 0 Å². The molecule has 5 nitrogen and oxygen atoms in total. The van der Waals surface area contributed by atoms with Crippen LogP contribution >= 0.6 is 0 Å². The largest absolute Gasteiger partial charge is 0.490 e. The molecule has 2 rings (SSSR count). The third-order valence-corrected chi connectivity index (χ3v) is 2.35. The molecule has 92 valence electrons. The summed E-state index contributed by atoms with van der Waals surface area (Å²) in [5.41, 5.74) is 6.54. The van der Waals surface area contributed by atoms with Gasteiger partial charge in [0.15, 0.2) is 17.5 Å². The van der Waals surface area contributed by atoms with Crippen molar-refractivity contribution in [3.63, 3.8) is 0 Å². The van der Waals surface area contributed by atoms with Gasteiger partial charge in [0.05, 0.1) is 13.2 Å². The van der Waals surface area contributed by atoms with Crippen LogP contribution in [0, 0.1) is 0 Å². The molecular formula is C12H17N3O2. The molecule has 0 atom stereocenters. The Bertz CT molecular complexity index is 418. The Labute approximate surface area is 101 Å². The summed E-state index contributed by atoms with van der Waals surface area (Å²) in [6.45, 7) is 3.96. The lowest BCUT2D eigenvalue weighted by Gasteiger charge is -2.10. The van der Waals surface area contributed by atoms with Crippen LogP contribution in [0.3, 0.4) is 0 Å². The van der Waals surface area contributed by atoms with Crippen LogP contribution in [0.25, 0.3) is 0 Å². The molecule has 1 aliphatic heterocycles. The number of nitrogens with two attached hydrogens (primary N) is 1. The van der Waals surface area contributed by atoms with Gasteiger partial charge >= 0.3 is 0 Å². The van der Waals surface area contributed by atoms with E-state index in [4.69, 9.17) is 15.2 Å². The van der Waals surface area contributed by atoms with Gasteiger partial charge in [-0.2, -0.15) is 0 Å². The molecule has 0 aliphatic carbocycles. The highest BCUT2D eigenvalue weighted by atomic mass is 16.5. The quantitative estimate of drug-likeness (QED) is 0.603. The molecule has 17 heavy (non-hydrogen) atoms. The van der Waals surface area contributed by atoms with Gasteiger partial charge in [-0.25, -0.2) is 0 Å². The van der Waals surface area contributed by atoms with Crippen molar-refractivity contribution in [2.75, 3.05) is 25.1 Å². The number of anilines is 1. The smallest absolute Gasteiger partial charge is 0.193 e. The van der Waals surface area contributed by atoms with Crippen LogP contribution in [0.4, 0.5) is 5.69 Å². The van der Waals surface area contributed by atoms with Crippen molar-refractivity contribution >= 4 is 11.6 Å². The Morgan fingerprint density at radius 2 is 2.12 bits per heavy atom. The van der Waals surface area contributed by atoms with E-state index in [1.54, 1.807) is 0 Å². The number of fused-ring (bicyclic) bond motifs is 1. The lowest BCUT2D eigenvalue weighted by molar-refractivity contribution is 0.297. The topological polar surface area (TPSA) is 68.9 Å². The normalized spacial score (nSPS) is 15.2. The average Bonchev–Trinajstić information content (AvgIpc) is 2.53. The minimum Gasteiger partial charge on any atom is -0.490 e. The molecule has 1 aromatic carbocycles. The van der Waals surface area contributed by atoms with E-state index in [0.29, 0.717) is 25.7 Å². The van der Waals surface area contributed by atoms with Gasteiger partial charge in [0.2, 0.25) is 0 Å². The second kappa shape index (κ2) is 5.43. The number of benzene rings is 1. The van der Waals surface area contributed by atoms with E-state index in [-0.39, 0.29) is 0 Å². The number of rotatable bonds is 2. The molecule has 0 fully saturated rings. The average molecular weight is 235 g/mol. The van der Waals surface area contributed by atoms with Crippen molar-refractivity contribution in [3.05, 3.63) is 18.2 Å². The number of aliphatic imine (C=N–C) groups is 1. The molecule has 0 spiro atoms. The minimum atomic E-state index is 0.405. The number of ether oxygens (including phenoxy) is 2. The molecule has 0 saturated heterocycles. The summed E-state index contributed by atoms with van der Waals surface area (Å²) < 4.78 is 11.1. The van der Waals surface area contributed by atoms with Gasteiger partial charge in [0, 0.05) is 24.7 Å². The molecule has 3 N–H and O–H groups in total. The van der Waals surface area contributed by atoms with E-state index in [0.717, 1.165) is 23.6 Å². The number of hydrogen-bond donors (Lipinski definition) is 2. The maximum atomic E-state index is 5.69. The van der Waals surface area contributed by atoms with E-state index in [1.165, 1.54) is 0 Å². The van der Waals surface area contributed by atoms with Crippen LogP contribution in [-0.2, 0) is 0 Å². The van der Waals surface area contributed by atoms with E-state index in [1.807, 2.05) is 25.1 Å².